The number of sulfone groups is 2. The van der Waals surface area contributed by atoms with Crippen LogP contribution in [-0.2, 0) is 24.5 Å². The lowest BCUT2D eigenvalue weighted by molar-refractivity contribution is -0.174. The maximum Gasteiger partial charge on any atom is 0.471 e. The molecule has 0 aliphatic heterocycles. The number of rotatable bonds is 8. The van der Waals surface area contributed by atoms with Crippen LogP contribution in [0.4, 0.5) is 13.2 Å². The van der Waals surface area contributed by atoms with Crippen molar-refractivity contribution in [3.05, 3.63) is 90.6 Å². The minimum atomic E-state index is -5.10. The van der Waals surface area contributed by atoms with Crippen molar-refractivity contribution >= 4 is 25.6 Å². The first-order chi connectivity index (χ1) is 17.4. The Morgan fingerprint density at radius 2 is 1.65 bits per heavy atom. The summed E-state index contributed by atoms with van der Waals surface area (Å²) in [6, 6.07) is 12.0. The van der Waals surface area contributed by atoms with Gasteiger partial charge in [0.1, 0.15) is 0 Å². The van der Waals surface area contributed by atoms with E-state index in [2.05, 4.69) is 11.6 Å². The number of amides is 1. The van der Waals surface area contributed by atoms with E-state index in [0.717, 1.165) is 31.1 Å². The molecule has 7 nitrogen and oxygen atoms in total. The van der Waals surface area contributed by atoms with Gasteiger partial charge in [0.05, 0.1) is 20.7 Å². The predicted molar refractivity (Wildman–Crippen MR) is 127 cm³/mol. The Morgan fingerprint density at radius 3 is 2.19 bits per heavy atom. The lowest BCUT2D eigenvalue weighted by Crippen LogP contribution is -2.38. The molecule has 4 rings (SSSR count). The van der Waals surface area contributed by atoms with E-state index in [9.17, 15) is 34.8 Å². The maximum atomic E-state index is 13.6. The van der Waals surface area contributed by atoms with Crippen molar-refractivity contribution in [3.8, 4) is 0 Å². The summed E-state index contributed by atoms with van der Waals surface area (Å²) in [6.45, 7) is 3.41. The van der Waals surface area contributed by atoms with Crippen molar-refractivity contribution in [3.63, 3.8) is 0 Å². The topological polar surface area (TPSA) is 110 Å². The summed E-state index contributed by atoms with van der Waals surface area (Å²) >= 11 is 0. The number of hydrogen-bond donors (Lipinski definition) is 1. The van der Waals surface area contributed by atoms with Crippen molar-refractivity contribution in [2.24, 2.45) is 0 Å². The van der Waals surface area contributed by atoms with E-state index in [4.69, 9.17) is 0 Å². The third kappa shape index (κ3) is 5.44. The van der Waals surface area contributed by atoms with Crippen LogP contribution in [0.25, 0.3) is 0 Å². The Morgan fingerprint density at radius 1 is 0.973 bits per heavy atom. The summed E-state index contributed by atoms with van der Waals surface area (Å²) in [7, 11) is -8.68. The van der Waals surface area contributed by atoms with Crippen LogP contribution in [-0.4, -0.2) is 33.9 Å². The SMILES string of the molecule is C=C[C@H](NC(=O)C(F)(F)F)c1ccc(S(=O)(=O)c2ccc(C3CC3)cc2S(=O)(=O)c2ccccn2)cc1. The van der Waals surface area contributed by atoms with Crippen LogP contribution in [0, 0.1) is 0 Å². The highest BCUT2D eigenvalue weighted by molar-refractivity contribution is 7.94. The second kappa shape index (κ2) is 9.75. The fourth-order valence-corrected chi connectivity index (χ4v) is 7.01. The third-order valence-corrected chi connectivity index (χ3v) is 9.50. The van der Waals surface area contributed by atoms with Crippen LogP contribution in [0.2, 0.25) is 0 Å². The third-order valence-electron chi connectivity index (χ3n) is 5.84. The fourth-order valence-electron chi connectivity index (χ4n) is 3.73. The van der Waals surface area contributed by atoms with Crippen molar-refractivity contribution in [1.82, 2.24) is 10.3 Å². The molecule has 0 radical (unpaired) electrons. The summed E-state index contributed by atoms with van der Waals surface area (Å²) in [5.41, 5.74) is 0.856. The molecule has 12 heteroatoms. The maximum absolute atomic E-state index is 13.6. The van der Waals surface area contributed by atoms with Crippen LogP contribution in [0.15, 0.2) is 99.2 Å². The van der Waals surface area contributed by atoms with Gasteiger partial charge in [-0.25, -0.2) is 21.8 Å². The molecule has 37 heavy (non-hydrogen) atoms. The monoisotopic (exact) mass is 550 g/mol. The molecule has 1 aliphatic carbocycles. The molecule has 2 aromatic carbocycles. The van der Waals surface area contributed by atoms with Crippen LogP contribution in [0.3, 0.4) is 0 Å². The second-order valence-corrected chi connectivity index (χ2v) is 12.2. The molecule has 0 saturated heterocycles. The zero-order valence-corrected chi connectivity index (χ0v) is 20.8. The molecule has 1 amide bonds. The first kappa shape index (κ1) is 26.6. The average Bonchev–Trinajstić information content (AvgIpc) is 3.72. The Hall–Kier alpha value is -3.51. The number of nitrogens with zero attached hydrogens (tertiary/aromatic N) is 1. The Balaban J connectivity index is 1.74. The van der Waals surface area contributed by atoms with Gasteiger partial charge in [-0.05, 0) is 66.3 Å². The van der Waals surface area contributed by atoms with E-state index in [-0.39, 0.29) is 21.4 Å². The number of hydrogen-bond acceptors (Lipinski definition) is 6. The van der Waals surface area contributed by atoms with E-state index in [1.807, 2.05) is 0 Å². The van der Waals surface area contributed by atoms with Gasteiger partial charge < -0.3 is 5.32 Å². The minimum absolute atomic E-state index is 0.150. The van der Waals surface area contributed by atoms with Gasteiger partial charge in [0, 0.05) is 6.20 Å². The summed E-state index contributed by atoms with van der Waals surface area (Å²) in [4.78, 5) is 14.1. The highest BCUT2D eigenvalue weighted by Crippen LogP contribution is 2.42. The molecule has 0 spiro atoms. The molecule has 0 bridgehead atoms. The molecule has 1 fully saturated rings. The standard InChI is InChI=1S/C25H21F3N2O5S2/c1-2-20(30-24(31)25(26,27)28)17-8-11-19(12-9-17)36(32,33)21-13-10-18(16-6-7-16)15-22(21)37(34,35)23-5-3-4-14-29-23/h2-5,8-16,20H,1,6-7H2,(H,30,31)/t20-/m0/s1. The summed E-state index contributed by atoms with van der Waals surface area (Å²) in [5, 5.41) is 1.46. The van der Waals surface area contributed by atoms with Crippen LogP contribution in [0.1, 0.15) is 35.9 Å². The zero-order chi connectivity index (χ0) is 27.0. The first-order valence-electron chi connectivity index (χ1n) is 11.0. The van der Waals surface area contributed by atoms with Gasteiger partial charge in [0.2, 0.25) is 19.7 Å². The fraction of sp³-hybridized carbons (Fsp3) is 0.200. The van der Waals surface area contributed by atoms with E-state index in [1.165, 1.54) is 48.7 Å². The Kier molecular flexibility index (Phi) is 6.99. The molecule has 1 N–H and O–H groups in total. The van der Waals surface area contributed by atoms with Gasteiger partial charge in [0.15, 0.2) is 5.03 Å². The van der Waals surface area contributed by atoms with Crippen molar-refractivity contribution in [2.75, 3.05) is 0 Å². The van der Waals surface area contributed by atoms with Crippen LogP contribution >= 0.6 is 0 Å². The summed E-state index contributed by atoms with van der Waals surface area (Å²) in [5.74, 6) is -2.02. The van der Waals surface area contributed by atoms with Gasteiger partial charge in [-0.2, -0.15) is 13.2 Å². The van der Waals surface area contributed by atoms with E-state index in [1.54, 1.807) is 11.4 Å². The number of carbonyl (C=O) groups excluding carboxylic acids is 1. The van der Waals surface area contributed by atoms with Crippen molar-refractivity contribution in [1.29, 1.82) is 0 Å². The number of carbonyl (C=O) groups is 1. The molecular weight excluding hydrogens is 529 g/mol. The molecule has 1 aromatic heterocycles. The van der Waals surface area contributed by atoms with Crippen LogP contribution < -0.4 is 5.32 Å². The lowest BCUT2D eigenvalue weighted by Gasteiger charge is -2.17. The van der Waals surface area contributed by atoms with E-state index < -0.39 is 47.6 Å². The van der Waals surface area contributed by atoms with E-state index in [0.29, 0.717) is 5.56 Å². The van der Waals surface area contributed by atoms with Crippen LogP contribution in [0.5, 0.6) is 0 Å². The zero-order valence-electron chi connectivity index (χ0n) is 19.1. The van der Waals surface area contributed by atoms with Gasteiger partial charge >= 0.3 is 12.1 Å². The number of aromatic nitrogens is 1. The highest BCUT2D eigenvalue weighted by Gasteiger charge is 2.39. The van der Waals surface area contributed by atoms with Crippen molar-refractivity contribution < 1.29 is 34.8 Å². The van der Waals surface area contributed by atoms with Crippen molar-refractivity contribution in [2.45, 2.75) is 50.7 Å². The van der Waals surface area contributed by atoms with Gasteiger partial charge in [-0.3, -0.25) is 4.79 Å². The number of alkyl halides is 3. The average molecular weight is 551 g/mol. The lowest BCUT2D eigenvalue weighted by atomic mass is 10.1. The van der Waals surface area contributed by atoms with Gasteiger partial charge in [0.25, 0.3) is 0 Å². The first-order valence-corrected chi connectivity index (χ1v) is 14.0. The number of pyridine rings is 1. The minimum Gasteiger partial charge on any atom is -0.338 e. The molecule has 1 atom stereocenters. The molecular formula is C25H21F3N2O5S2. The van der Waals surface area contributed by atoms with E-state index >= 15 is 0 Å². The largest absolute Gasteiger partial charge is 0.471 e. The summed E-state index contributed by atoms with van der Waals surface area (Å²) in [6.07, 6.45) is -1.01. The number of benzene rings is 2. The highest BCUT2D eigenvalue weighted by atomic mass is 32.2. The smallest absolute Gasteiger partial charge is 0.338 e. The molecule has 1 aliphatic rings. The molecule has 194 valence electrons. The molecule has 0 unspecified atom stereocenters. The second-order valence-electron chi connectivity index (χ2n) is 8.41. The normalized spacial score (nSPS) is 15.1. The molecule has 1 saturated carbocycles. The number of halogens is 3. The Labute approximate surface area is 211 Å². The number of nitrogens with one attached hydrogen (secondary N) is 1. The van der Waals surface area contributed by atoms with Gasteiger partial charge in [-0.1, -0.05) is 30.3 Å². The predicted octanol–water partition coefficient (Wildman–Crippen LogP) is 4.53. The summed E-state index contributed by atoms with van der Waals surface area (Å²) < 4.78 is 91.9. The van der Waals surface area contributed by atoms with Gasteiger partial charge in [-0.15, -0.1) is 6.58 Å². The molecule has 1 heterocycles. The molecule has 3 aromatic rings. The quantitative estimate of drug-likeness (QED) is 0.413. The Bertz CT molecular complexity index is 1550.